The SMILES string of the molecule is COCCOCC1(CO)CCC(c2nc3c(-c4ccc(-c5ccccc5)nc4)cnn3c(N)c2Br)CC1. The lowest BCUT2D eigenvalue weighted by molar-refractivity contribution is -0.0318. The van der Waals surface area contributed by atoms with Gasteiger partial charge in [0, 0.05) is 41.3 Å². The lowest BCUT2D eigenvalue weighted by atomic mass is 9.70. The number of rotatable bonds is 9. The first-order valence-corrected chi connectivity index (χ1v) is 13.4. The fourth-order valence-corrected chi connectivity index (χ4v) is 5.68. The second-order valence-corrected chi connectivity index (χ2v) is 10.6. The molecular weight excluding hydrogens is 534 g/mol. The van der Waals surface area contributed by atoms with Crippen molar-refractivity contribution in [1.82, 2.24) is 19.6 Å². The predicted octanol–water partition coefficient (Wildman–Crippen LogP) is 5.10. The van der Waals surface area contributed by atoms with Crippen molar-refractivity contribution in [2.24, 2.45) is 5.41 Å². The van der Waals surface area contributed by atoms with Crippen molar-refractivity contribution in [3.63, 3.8) is 0 Å². The van der Waals surface area contributed by atoms with Crippen LogP contribution >= 0.6 is 15.9 Å². The number of hydrogen-bond acceptors (Lipinski definition) is 7. The quantitative estimate of drug-likeness (QED) is 0.272. The van der Waals surface area contributed by atoms with Gasteiger partial charge in [-0.05, 0) is 47.7 Å². The van der Waals surface area contributed by atoms with Crippen molar-refractivity contribution >= 4 is 27.4 Å². The summed E-state index contributed by atoms with van der Waals surface area (Å²) in [6.07, 6.45) is 7.16. The highest BCUT2D eigenvalue weighted by Gasteiger charge is 2.37. The van der Waals surface area contributed by atoms with Gasteiger partial charge in [0.2, 0.25) is 0 Å². The zero-order valence-corrected chi connectivity index (χ0v) is 22.5. The number of nitrogen functional groups attached to an aromatic ring is 1. The van der Waals surface area contributed by atoms with E-state index in [4.69, 9.17) is 20.2 Å². The molecule has 0 atom stereocenters. The summed E-state index contributed by atoms with van der Waals surface area (Å²) in [7, 11) is 1.66. The molecule has 9 heteroatoms. The Balaban J connectivity index is 1.39. The Morgan fingerprint density at radius 3 is 2.54 bits per heavy atom. The number of nitrogens with zero attached hydrogens (tertiary/aromatic N) is 4. The van der Waals surface area contributed by atoms with Gasteiger partial charge < -0.3 is 20.3 Å². The second kappa shape index (κ2) is 11.3. The molecule has 0 saturated heterocycles. The molecule has 3 heterocycles. The molecule has 0 aliphatic heterocycles. The number of halogens is 1. The number of methoxy groups -OCH3 is 1. The van der Waals surface area contributed by atoms with E-state index in [0.717, 1.165) is 58.2 Å². The topological polar surface area (TPSA) is 108 Å². The average molecular weight is 566 g/mol. The van der Waals surface area contributed by atoms with Crippen LogP contribution < -0.4 is 5.73 Å². The highest BCUT2D eigenvalue weighted by molar-refractivity contribution is 9.10. The maximum Gasteiger partial charge on any atom is 0.165 e. The molecule has 37 heavy (non-hydrogen) atoms. The van der Waals surface area contributed by atoms with Crippen molar-refractivity contribution < 1.29 is 14.6 Å². The molecule has 1 aliphatic rings. The molecule has 1 saturated carbocycles. The van der Waals surface area contributed by atoms with Gasteiger partial charge in [-0.3, -0.25) is 4.98 Å². The molecule has 4 aromatic rings. The van der Waals surface area contributed by atoms with Crippen molar-refractivity contribution in [2.45, 2.75) is 31.6 Å². The van der Waals surface area contributed by atoms with E-state index in [0.29, 0.717) is 31.3 Å². The maximum atomic E-state index is 10.1. The number of benzene rings is 1. The summed E-state index contributed by atoms with van der Waals surface area (Å²) in [5.74, 6) is 0.753. The Kier molecular flexibility index (Phi) is 7.85. The van der Waals surface area contributed by atoms with Gasteiger partial charge in [0.05, 0.1) is 48.5 Å². The number of ether oxygens (including phenoxy) is 2. The van der Waals surface area contributed by atoms with Crippen LogP contribution in [0.1, 0.15) is 37.3 Å². The van der Waals surface area contributed by atoms with Crippen molar-refractivity contribution in [3.8, 4) is 22.4 Å². The van der Waals surface area contributed by atoms with Gasteiger partial charge in [0.15, 0.2) is 5.65 Å². The lowest BCUT2D eigenvalue weighted by Gasteiger charge is -2.38. The number of aliphatic hydroxyl groups is 1. The number of hydrogen-bond donors (Lipinski definition) is 2. The minimum atomic E-state index is -0.222. The Morgan fingerprint density at radius 1 is 1.08 bits per heavy atom. The minimum absolute atomic E-state index is 0.112. The average Bonchev–Trinajstić information content (AvgIpc) is 3.38. The molecule has 194 valence electrons. The van der Waals surface area contributed by atoms with E-state index in [-0.39, 0.29) is 17.9 Å². The van der Waals surface area contributed by atoms with E-state index in [1.54, 1.807) is 17.8 Å². The number of aliphatic hydroxyl groups excluding tert-OH is 1. The molecule has 5 rings (SSSR count). The van der Waals surface area contributed by atoms with Crippen molar-refractivity contribution in [1.29, 1.82) is 0 Å². The summed E-state index contributed by atoms with van der Waals surface area (Å²) in [5.41, 5.74) is 11.8. The zero-order chi connectivity index (χ0) is 25.8. The number of aromatic nitrogens is 4. The molecule has 3 aromatic heterocycles. The van der Waals surface area contributed by atoms with Crippen LogP contribution in [0.4, 0.5) is 5.82 Å². The van der Waals surface area contributed by atoms with E-state index < -0.39 is 0 Å². The number of nitrogens with two attached hydrogens (primary N) is 1. The number of anilines is 1. The highest BCUT2D eigenvalue weighted by Crippen LogP contribution is 2.45. The van der Waals surface area contributed by atoms with Crippen LogP contribution in [0, 0.1) is 5.41 Å². The Hall–Kier alpha value is -2.85. The largest absolute Gasteiger partial charge is 0.396 e. The fraction of sp³-hybridized carbons (Fsp3) is 0.393. The van der Waals surface area contributed by atoms with Crippen LogP contribution in [-0.2, 0) is 9.47 Å². The van der Waals surface area contributed by atoms with Crippen LogP contribution in [0.25, 0.3) is 28.0 Å². The molecule has 1 aliphatic carbocycles. The van der Waals surface area contributed by atoms with Crippen LogP contribution in [-0.4, -0.2) is 58.2 Å². The summed E-state index contributed by atoms with van der Waals surface area (Å²) in [6, 6.07) is 14.2. The monoisotopic (exact) mass is 565 g/mol. The molecule has 0 spiro atoms. The van der Waals surface area contributed by atoms with Crippen molar-refractivity contribution in [2.75, 3.05) is 39.3 Å². The molecule has 0 unspecified atom stereocenters. The molecule has 0 amide bonds. The number of pyridine rings is 1. The number of fused-ring (bicyclic) bond motifs is 1. The molecule has 3 N–H and O–H groups in total. The summed E-state index contributed by atoms with van der Waals surface area (Å²) in [5, 5.41) is 14.7. The van der Waals surface area contributed by atoms with E-state index in [1.807, 2.05) is 48.7 Å². The summed E-state index contributed by atoms with van der Waals surface area (Å²) in [4.78, 5) is 9.75. The normalized spacial score (nSPS) is 19.9. The highest BCUT2D eigenvalue weighted by atomic mass is 79.9. The third-order valence-electron chi connectivity index (χ3n) is 7.40. The first-order chi connectivity index (χ1) is 18.0. The van der Waals surface area contributed by atoms with E-state index in [9.17, 15) is 5.11 Å². The first kappa shape index (κ1) is 25.8. The maximum absolute atomic E-state index is 10.1. The standard InChI is InChI=1S/C28H32BrN5O3/c1-36-13-14-37-18-28(17-35)11-9-20(10-12-28)25-24(29)26(30)34-27(33-25)22(16-32-34)21-7-8-23(31-15-21)19-5-3-2-4-6-19/h2-8,15-16,20,35H,9-14,17-18,30H2,1H3. The van der Waals surface area contributed by atoms with Crippen LogP contribution in [0.5, 0.6) is 0 Å². The van der Waals surface area contributed by atoms with Crippen LogP contribution in [0.3, 0.4) is 0 Å². The molecule has 8 nitrogen and oxygen atoms in total. The Morgan fingerprint density at radius 2 is 1.86 bits per heavy atom. The van der Waals surface area contributed by atoms with Crippen LogP contribution in [0.15, 0.2) is 59.3 Å². The minimum Gasteiger partial charge on any atom is -0.396 e. The van der Waals surface area contributed by atoms with E-state index in [2.05, 4.69) is 26.0 Å². The zero-order valence-electron chi connectivity index (χ0n) is 20.9. The van der Waals surface area contributed by atoms with Gasteiger partial charge in [-0.1, -0.05) is 36.4 Å². The van der Waals surface area contributed by atoms with Gasteiger partial charge >= 0.3 is 0 Å². The Bertz CT molecular complexity index is 1340. The van der Waals surface area contributed by atoms with E-state index >= 15 is 0 Å². The van der Waals surface area contributed by atoms with Gasteiger partial charge in [0.1, 0.15) is 5.82 Å². The van der Waals surface area contributed by atoms with Gasteiger partial charge in [0.25, 0.3) is 0 Å². The molecule has 1 aromatic carbocycles. The van der Waals surface area contributed by atoms with Gasteiger partial charge in [-0.15, -0.1) is 0 Å². The summed E-state index contributed by atoms with van der Waals surface area (Å²) in [6.45, 7) is 1.74. The van der Waals surface area contributed by atoms with Gasteiger partial charge in [-0.25, -0.2) is 4.98 Å². The summed E-state index contributed by atoms with van der Waals surface area (Å²) >= 11 is 3.69. The molecule has 0 bridgehead atoms. The third kappa shape index (κ3) is 5.27. The molecular formula is C28H32BrN5O3. The smallest absolute Gasteiger partial charge is 0.165 e. The third-order valence-corrected chi connectivity index (χ3v) is 8.21. The predicted molar refractivity (Wildman–Crippen MR) is 147 cm³/mol. The molecule has 0 radical (unpaired) electrons. The first-order valence-electron chi connectivity index (χ1n) is 12.6. The van der Waals surface area contributed by atoms with Crippen LogP contribution in [0.2, 0.25) is 0 Å². The summed E-state index contributed by atoms with van der Waals surface area (Å²) < 4.78 is 13.3. The lowest BCUT2D eigenvalue weighted by Crippen LogP contribution is -2.35. The van der Waals surface area contributed by atoms with Gasteiger partial charge in [-0.2, -0.15) is 9.61 Å². The fourth-order valence-electron chi connectivity index (χ4n) is 5.10. The van der Waals surface area contributed by atoms with E-state index in [1.165, 1.54) is 0 Å². The second-order valence-electron chi connectivity index (χ2n) is 9.77. The van der Waals surface area contributed by atoms with Crippen molar-refractivity contribution in [3.05, 3.63) is 65.0 Å². The molecule has 1 fully saturated rings. The Labute approximate surface area is 225 Å².